The van der Waals surface area contributed by atoms with E-state index < -0.39 is 11.9 Å². The van der Waals surface area contributed by atoms with Gasteiger partial charge in [-0.2, -0.15) is 19.7 Å². The van der Waals surface area contributed by atoms with Crippen LogP contribution in [-0.4, -0.2) is 31.7 Å². The predicted molar refractivity (Wildman–Crippen MR) is 92.3 cm³/mol. The number of hydrogen-bond donors (Lipinski definition) is 1. The van der Waals surface area contributed by atoms with Crippen LogP contribution in [0.5, 0.6) is 5.75 Å². The smallest absolute Gasteiger partial charge is 0.291 e. The average Bonchev–Trinajstić information content (AvgIpc) is 3.21. The molecule has 0 aliphatic carbocycles. The minimum Gasteiger partial charge on any atom is -0.471 e. The lowest BCUT2D eigenvalue weighted by atomic mass is 10.3. The van der Waals surface area contributed by atoms with Crippen LogP contribution in [0.15, 0.2) is 47.7 Å². The van der Waals surface area contributed by atoms with Crippen molar-refractivity contribution in [2.24, 2.45) is 12.1 Å². The van der Waals surface area contributed by atoms with E-state index in [-0.39, 0.29) is 18.0 Å². The summed E-state index contributed by atoms with van der Waals surface area (Å²) in [6.07, 6.45) is 2.83. The lowest BCUT2D eigenvalue weighted by Crippen LogP contribution is -2.19. The number of carbonyl (C=O) groups excluding carboxylic acids is 1. The van der Waals surface area contributed by atoms with Crippen LogP contribution in [0.4, 0.5) is 4.39 Å². The molecule has 0 aliphatic heterocycles. The topological polar surface area (TPSA) is 86.3 Å². The van der Waals surface area contributed by atoms with Crippen molar-refractivity contribution >= 4 is 12.1 Å². The van der Waals surface area contributed by atoms with Crippen molar-refractivity contribution < 1.29 is 13.9 Å². The molecule has 8 nitrogen and oxygen atoms in total. The fourth-order valence-corrected chi connectivity index (χ4v) is 2.22. The highest BCUT2D eigenvalue weighted by molar-refractivity contribution is 5.93. The third-order valence-corrected chi connectivity index (χ3v) is 3.54. The van der Waals surface area contributed by atoms with Gasteiger partial charge in [-0.3, -0.25) is 4.79 Å². The first-order chi connectivity index (χ1) is 12.5. The number of aryl methyl sites for hydroxylation is 2. The minimum atomic E-state index is -0.525. The number of benzene rings is 1. The molecule has 2 aromatic heterocycles. The largest absolute Gasteiger partial charge is 0.471 e. The number of ether oxygens (including phenoxy) is 1. The minimum absolute atomic E-state index is 0.167. The fourth-order valence-electron chi connectivity index (χ4n) is 2.22. The van der Waals surface area contributed by atoms with Crippen molar-refractivity contribution in [2.45, 2.75) is 13.7 Å². The van der Waals surface area contributed by atoms with Crippen molar-refractivity contribution in [1.82, 2.24) is 25.0 Å². The zero-order chi connectivity index (χ0) is 18.5. The van der Waals surface area contributed by atoms with E-state index in [0.717, 1.165) is 4.68 Å². The zero-order valence-corrected chi connectivity index (χ0v) is 14.3. The fraction of sp³-hybridized carbons (Fsp3) is 0.176. The summed E-state index contributed by atoms with van der Waals surface area (Å²) in [6.45, 7) is 1.82. The number of hydrogen-bond acceptors (Lipinski definition) is 5. The molecule has 134 valence electrons. The molecule has 1 amide bonds. The Morgan fingerprint density at radius 1 is 1.31 bits per heavy atom. The summed E-state index contributed by atoms with van der Waals surface area (Å²) in [4.78, 5) is 12.0. The van der Waals surface area contributed by atoms with Crippen LogP contribution >= 0.6 is 0 Å². The lowest BCUT2D eigenvalue weighted by Gasteiger charge is -2.05. The van der Waals surface area contributed by atoms with Crippen LogP contribution < -0.4 is 10.2 Å². The van der Waals surface area contributed by atoms with Gasteiger partial charge in [-0.05, 0) is 25.1 Å². The summed E-state index contributed by atoms with van der Waals surface area (Å²) in [5, 5.41) is 11.8. The highest BCUT2D eigenvalue weighted by Crippen LogP contribution is 2.09. The molecule has 3 aromatic rings. The second-order valence-corrected chi connectivity index (χ2v) is 5.44. The quantitative estimate of drug-likeness (QED) is 0.540. The summed E-state index contributed by atoms with van der Waals surface area (Å²) in [5.74, 6) is -0.336. The Balaban J connectivity index is 1.57. The van der Waals surface area contributed by atoms with E-state index >= 15 is 0 Å². The summed E-state index contributed by atoms with van der Waals surface area (Å²) in [5.41, 5.74) is 3.17. The first-order valence-electron chi connectivity index (χ1n) is 7.78. The molecule has 9 heteroatoms. The molecule has 1 aromatic carbocycles. The van der Waals surface area contributed by atoms with Crippen LogP contribution in [0.3, 0.4) is 0 Å². The molecule has 0 unspecified atom stereocenters. The molecule has 0 saturated carbocycles. The monoisotopic (exact) mass is 356 g/mol. The maximum absolute atomic E-state index is 13.8. The van der Waals surface area contributed by atoms with Crippen molar-refractivity contribution in [3.8, 4) is 5.75 Å². The first kappa shape index (κ1) is 17.3. The maximum Gasteiger partial charge on any atom is 0.291 e. The van der Waals surface area contributed by atoms with Gasteiger partial charge in [0.1, 0.15) is 5.75 Å². The van der Waals surface area contributed by atoms with Crippen LogP contribution in [0.1, 0.15) is 21.7 Å². The molecule has 0 saturated heterocycles. The van der Waals surface area contributed by atoms with Crippen molar-refractivity contribution in [3.63, 3.8) is 0 Å². The molecule has 0 aliphatic rings. The lowest BCUT2D eigenvalue weighted by molar-refractivity contribution is 0.0948. The van der Waals surface area contributed by atoms with Gasteiger partial charge in [-0.15, -0.1) is 0 Å². The highest BCUT2D eigenvalue weighted by atomic mass is 19.1. The van der Waals surface area contributed by atoms with Gasteiger partial charge >= 0.3 is 0 Å². The molecule has 0 atom stereocenters. The van der Waals surface area contributed by atoms with Crippen LogP contribution in [0, 0.1) is 12.9 Å². The van der Waals surface area contributed by atoms with Gasteiger partial charge in [-0.25, -0.2) is 14.8 Å². The van der Waals surface area contributed by atoms with E-state index in [4.69, 9.17) is 4.74 Å². The normalized spacial score (nSPS) is 11.0. The average molecular weight is 356 g/mol. The van der Waals surface area contributed by atoms with Gasteiger partial charge in [0.15, 0.2) is 12.4 Å². The molecular weight excluding hydrogens is 339 g/mol. The molecule has 2 heterocycles. The number of rotatable bonds is 6. The van der Waals surface area contributed by atoms with E-state index in [1.807, 2.05) is 30.3 Å². The molecular formula is C17H17FN6O2. The molecule has 0 radical (unpaired) electrons. The van der Waals surface area contributed by atoms with Gasteiger partial charge in [0.25, 0.3) is 5.91 Å². The Morgan fingerprint density at radius 2 is 2.08 bits per heavy atom. The van der Waals surface area contributed by atoms with E-state index in [1.165, 1.54) is 24.0 Å². The van der Waals surface area contributed by atoms with Gasteiger partial charge in [0, 0.05) is 13.2 Å². The summed E-state index contributed by atoms with van der Waals surface area (Å²) in [7, 11) is 1.49. The summed E-state index contributed by atoms with van der Waals surface area (Å²) in [6, 6.07) is 10.8. The van der Waals surface area contributed by atoms with Gasteiger partial charge in [0.05, 0.1) is 17.5 Å². The van der Waals surface area contributed by atoms with Gasteiger partial charge in [0.2, 0.25) is 5.95 Å². The van der Waals surface area contributed by atoms with E-state index in [2.05, 4.69) is 20.7 Å². The number of carbonyl (C=O) groups is 1. The van der Waals surface area contributed by atoms with Crippen molar-refractivity contribution in [3.05, 3.63) is 65.5 Å². The Kier molecular flexibility index (Phi) is 5.07. The van der Waals surface area contributed by atoms with Crippen molar-refractivity contribution in [2.75, 3.05) is 0 Å². The molecule has 3 rings (SSSR count). The first-order valence-corrected chi connectivity index (χ1v) is 7.78. The highest BCUT2D eigenvalue weighted by Gasteiger charge is 2.12. The van der Waals surface area contributed by atoms with Crippen LogP contribution in [0.2, 0.25) is 0 Å². The molecule has 1 N–H and O–H groups in total. The van der Waals surface area contributed by atoms with Gasteiger partial charge < -0.3 is 4.74 Å². The molecule has 26 heavy (non-hydrogen) atoms. The number of nitrogens with zero attached hydrogens (tertiary/aromatic N) is 5. The Labute approximate surface area is 148 Å². The molecule has 0 bridgehead atoms. The van der Waals surface area contributed by atoms with E-state index in [9.17, 15) is 9.18 Å². The third-order valence-electron chi connectivity index (χ3n) is 3.54. The Morgan fingerprint density at radius 3 is 2.77 bits per heavy atom. The van der Waals surface area contributed by atoms with Crippen LogP contribution in [-0.2, 0) is 13.8 Å². The SMILES string of the molecule is Cc1nn(C)c(F)c1/C=N/NC(=O)c1ccn(COc2ccccc2)n1. The number of aromatic nitrogens is 4. The molecule has 0 fully saturated rings. The number of hydrazone groups is 1. The second-order valence-electron chi connectivity index (χ2n) is 5.44. The number of halogens is 1. The second kappa shape index (κ2) is 7.60. The summed E-state index contributed by atoms with van der Waals surface area (Å²) < 4.78 is 21.9. The number of nitrogens with one attached hydrogen (secondary N) is 1. The third kappa shape index (κ3) is 3.94. The van der Waals surface area contributed by atoms with E-state index in [0.29, 0.717) is 11.4 Å². The Hall–Kier alpha value is -3.49. The van der Waals surface area contributed by atoms with Crippen LogP contribution in [0.25, 0.3) is 0 Å². The summed E-state index contributed by atoms with van der Waals surface area (Å²) >= 11 is 0. The molecule has 0 spiro atoms. The zero-order valence-electron chi connectivity index (χ0n) is 14.3. The predicted octanol–water partition coefficient (Wildman–Crippen LogP) is 1.86. The maximum atomic E-state index is 13.8. The van der Waals surface area contributed by atoms with E-state index in [1.54, 1.807) is 13.1 Å². The van der Waals surface area contributed by atoms with Gasteiger partial charge in [-0.1, -0.05) is 18.2 Å². The van der Waals surface area contributed by atoms with Crippen molar-refractivity contribution in [1.29, 1.82) is 0 Å². The standard InChI is InChI=1S/C17H17FN6O2/c1-12-14(16(18)23(2)21-12)10-19-20-17(25)15-8-9-24(22-15)11-26-13-6-4-3-5-7-13/h3-10H,11H2,1-2H3,(H,20,25)/b19-10+. The number of para-hydroxylation sites is 1. The number of amides is 1. The Bertz CT molecular complexity index is 932.